The van der Waals surface area contributed by atoms with Crippen LogP contribution < -0.4 is 5.56 Å². The molecule has 126 valence electrons. The zero-order valence-corrected chi connectivity index (χ0v) is 13.6. The number of aryl methyl sites for hydroxylation is 1. The predicted octanol–water partition coefficient (Wildman–Crippen LogP) is 3.35. The van der Waals surface area contributed by atoms with Gasteiger partial charge in [-0.15, -0.1) is 10.2 Å². The molecule has 0 saturated carbocycles. The Morgan fingerprint density at radius 3 is 2.46 bits per heavy atom. The van der Waals surface area contributed by atoms with Crippen LogP contribution in [0.2, 0.25) is 0 Å². The molecule has 0 saturated heterocycles. The van der Waals surface area contributed by atoms with Crippen LogP contribution in [0.1, 0.15) is 22.4 Å². The molecule has 2 aromatic heterocycles. The van der Waals surface area contributed by atoms with Crippen molar-refractivity contribution in [2.24, 2.45) is 0 Å². The van der Waals surface area contributed by atoms with E-state index in [-0.39, 0.29) is 5.56 Å². The van der Waals surface area contributed by atoms with Crippen LogP contribution in [0.4, 0.5) is 13.2 Å². The number of benzene rings is 1. The molecule has 5 nitrogen and oxygen atoms in total. The molecule has 3 aromatic rings. The number of aromatic amines is 1. The monoisotopic (exact) mass is 354 g/mol. The first-order valence-electron chi connectivity index (χ1n) is 7.01. The number of nitrogens with one attached hydrogen (secondary N) is 1. The summed E-state index contributed by atoms with van der Waals surface area (Å²) in [5, 5.41) is 8.54. The standard InChI is InChI=1S/C15H13F3N4OS/c1-8-9(2)22-13(19-12(8)23)20-21-14(22)24-7-10-3-5-11(6-4-10)15(16,17)18/h3-6H,7H2,1-2H3,(H,19,20,23). The van der Waals surface area contributed by atoms with Gasteiger partial charge in [0.05, 0.1) is 5.56 Å². The lowest BCUT2D eigenvalue weighted by atomic mass is 10.1. The minimum Gasteiger partial charge on any atom is -0.290 e. The molecule has 0 radical (unpaired) electrons. The largest absolute Gasteiger partial charge is 0.416 e. The van der Waals surface area contributed by atoms with E-state index in [4.69, 9.17) is 0 Å². The highest BCUT2D eigenvalue weighted by Crippen LogP contribution is 2.30. The number of thioether (sulfide) groups is 1. The lowest BCUT2D eigenvalue weighted by Crippen LogP contribution is -2.15. The molecule has 0 aliphatic heterocycles. The lowest BCUT2D eigenvalue weighted by Gasteiger charge is -2.08. The molecular weight excluding hydrogens is 341 g/mol. The number of rotatable bonds is 3. The number of hydrogen-bond acceptors (Lipinski definition) is 4. The van der Waals surface area contributed by atoms with Crippen LogP contribution in [0.25, 0.3) is 5.78 Å². The van der Waals surface area contributed by atoms with Crippen LogP contribution in [0.3, 0.4) is 0 Å². The van der Waals surface area contributed by atoms with Crippen molar-refractivity contribution in [1.29, 1.82) is 0 Å². The van der Waals surface area contributed by atoms with Gasteiger partial charge < -0.3 is 0 Å². The third-order valence-electron chi connectivity index (χ3n) is 3.73. The average Bonchev–Trinajstić information content (AvgIpc) is 2.93. The van der Waals surface area contributed by atoms with E-state index in [2.05, 4.69) is 15.2 Å². The number of fused-ring (bicyclic) bond motifs is 1. The van der Waals surface area contributed by atoms with E-state index in [9.17, 15) is 18.0 Å². The molecule has 1 aromatic carbocycles. The van der Waals surface area contributed by atoms with Crippen molar-refractivity contribution in [3.05, 3.63) is 57.0 Å². The van der Waals surface area contributed by atoms with Crippen LogP contribution in [-0.2, 0) is 11.9 Å². The second kappa shape index (κ2) is 5.97. The number of hydrogen-bond donors (Lipinski definition) is 1. The van der Waals surface area contributed by atoms with Crippen LogP contribution in [-0.4, -0.2) is 19.6 Å². The van der Waals surface area contributed by atoms with Crippen LogP contribution in [0.15, 0.2) is 34.2 Å². The minimum atomic E-state index is -4.34. The summed E-state index contributed by atoms with van der Waals surface area (Å²) in [4.78, 5) is 14.4. The Kier molecular flexibility index (Phi) is 4.12. The first-order valence-corrected chi connectivity index (χ1v) is 7.99. The second-order valence-electron chi connectivity index (χ2n) is 5.29. The Morgan fingerprint density at radius 2 is 1.83 bits per heavy atom. The summed E-state index contributed by atoms with van der Waals surface area (Å²) in [7, 11) is 0. The Bertz CT molecular complexity index is 944. The fraction of sp³-hybridized carbons (Fsp3) is 0.267. The summed E-state index contributed by atoms with van der Waals surface area (Å²) in [5.74, 6) is 0.786. The third-order valence-corrected chi connectivity index (χ3v) is 4.73. The second-order valence-corrected chi connectivity index (χ2v) is 6.23. The van der Waals surface area contributed by atoms with E-state index in [1.54, 1.807) is 18.2 Å². The highest BCUT2D eigenvalue weighted by atomic mass is 32.2. The number of alkyl halides is 3. The summed E-state index contributed by atoms with van der Waals surface area (Å²) in [6, 6.07) is 5.01. The van der Waals surface area contributed by atoms with Crippen molar-refractivity contribution in [1.82, 2.24) is 19.6 Å². The normalized spacial score (nSPS) is 12.0. The smallest absolute Gasteiger partial charge is 0.290 e. The maximum absolute atomic E-state index is 12.6. The highest BCUT2D eigenvalue weighted by molar-refractivity contribution is 7.98. The van der Waals surface area contributed by atoms with Gasteiger partial charge in [-0.3, -0.25) is 14.2 Å². The van der Waals surface area contributed by atoms with Gasteiger partial charge in [0.1, 0.15) is 0 Å². The molecule has 0 aliphatic rings. The zero-order valence-electron chi connectivity index (χ0n) is 12.8. The molecular formula is C15H13F3N4OS. The van der Waals surface area contributed by atoms with Gasteiger partial charge in [0.2, 0.25) is 5.78 Å². The topological polar surface area (TPSA) is 63.1 Å². The fourth-order valence-electron chi connectivity index (χ4n) is 2.21. The van der Waals surface area contributed by atoms with Gasteiger partial charge in [0.15, 0.2) is 5.16 Å². The Labute approximate surface area is 138 Å². The van der Waals surface area contributed by atoms with Gasteiger partial charge in [-0.1, -0.05) is 23.9 Å². The molecule has 0 unspecified atom stereocenters. The molecule has 0 aliphatic carbocycles. The molecule has 0 bridgehead atoms. The minimum absolute atomic E-state index is 0.216. The van der Waals surface area contributed by atoms with Crippen LogP contribution in [0.5, 0.6) is 0 Å². The molecule has 0 atom stereocenters. The molecule has 0 amide bonds. The van der Waals surface area contributed by atoms with Crippen molar-refractivity contribution in [2.45, 2.75) is 30.9 Å². The van der Waals surface area contributed by atoms with Crippen molar-refractivity contribution in [3.63, 3.8) is 0 Å². The van der Waals surface area contributed by atoms with Gasteiger partial charge in [-0.05, 0) is 31.5 Å². The van der Waals surface area contributed by atoms with Gasteiger partial charge in [-0.25, -0.2) is 0 Å². The van der Waals surface area contributed by atoms with E-state index in [1.807, 2.05) is 0 Å². The lowest BCUT2D eigenvalue weighted by molar-refractivity contribution is -0.137. The Morgan fingerprint density at radius 1 is 1.17 bits per heavy atom. The van der Waals surface area contributed by atoms with Crippen molar-refractivity contribution in [2.75, 3.05) is 0 Å². The van der Waals surface area contributed by atoms with E-state index < -0.39 is 11.7 Å². The van der Waals surface area contributed by atoms with Gasteiger partial charge in [0, 0.05) is 17.0 Å². The molecule has 2 heterocycles. The van der Waals surface area contributed by atoms with E-state index in [0.717, 1.165) is 23.4 Å². The SMILES string of the molecule is Cc1c(C)n2c(SCc3ccc(C(F)(F)F)cc3)nnc2[nH]c1=O. The first kappa shape index (κ1) is 16.6. The summed E-state index contributed by atoms with van der Waals surface area (Å²) in [6.07, 6.45) is -4.34. The third kappa shape index (κ3) is 3.03. The molecule has 0 fully saturated rings. The average molecular weight is 354 g/mol. The van der Waals surface area contributed by atoms with Crippen molar-refractivity contribution in [3.8, 4) is 0 Å². The fourth-order valence-corrected chi connectivity index (χ4v) is 3.15. The van der Waals surface area contributed by atoms with E-state index in [1.165, 1.54) is 23.9 Å². The van der Waals surface area contributed by atoms with Gasteiger partial charge in [0.25, 0.3) is 5.56 Å². The molecule has 9 heteroatoms. The summed E-state index contributed by atoms with van der Waals surface area (Å²) >= 11 is 1.34. The maximum Gasteiger partial charge on any atom is 0.416 e. The molecule has 3 rings (SSSR count). The Balaban J connectivity index is 1.84. The van der Waals surface area contributed by atoms with E-state index in [0.29, 0.717) is 22.3 Å². The number of aromatic nitrogens is 4. The summed E-state index contributed by atoms with van der Waals surface area (Å²) in [5.41, 5.74) is 1.15. The Hall–Kier alpha value is -2.29. The van der Waals surface area contributed by atoms with Crippen molar-refractivity contribution >= 4 is 17.5 Å². The maximum atomic E-state index is 12.6. The molecule has 1 N–H and O–H groups in total. The number of nitrogens with zero attached hydrogens (tertiary/aromatic N) is 3. The zero-order chi connectivity index (χ0) is 17.5. The van der Waals surface area contributed by atoms with Crippen molar-refractivity contribution < 1.29 is 13.2 Å². The molecule has 24 heavy (non-hydrogen) atoms. The molecule has 0 spiro atoms. The number of H-pyrrole nitrogens is 1. The summed E-state index contributed by atoms with van der Waals surface area (Å²) < 4.78 is 39.4. The highest BCUT2D eigenvalue weighted by Gasteiger charge is 2.29. The predicted molar refractivity (Wildman–Crippen MR) is 84.1 cm³/mol. The first-order chi connectivity index (χ1) is 11.3. The van der Waals surface area contributed by atoms with E-state index >= 15 is 0 Å². The van der Waals surface area contributed by atoms with Gasteiger partial charge in [-0.2, -0.15) is 13.2 Å². The quantitative estimate of drug-likeness (QED) is 0.733. The van der Waals surface area contributed by atoms with Crippen LogP contribution >= 0.6 is 11.8 Å². The number of halogens is 3. The summed E-state index contributed by atoms with van der Waals surface area (Å²) in [6.45, 7) is 3.50. The van der Waals surface area contributed by atoms with Crippen LogP contribution in [0, 0.1) is 13.8 Å². The van der Waals surface area contributed by atoms with Gasteiger partial charge >= 0.3 is 6.18 Å².